The van der Waals surface area contributed by atoms with Gasteiger partial charge >= 0.3 is 5.69 Å². The molecule has 0 unspecified atom stereocenters. The predicted octanol–water partition coefficient (Wildman–Crippen LogP) is 1.94. The first-order valence-corrected chi connectivity index (χ1v) is 5.73. The molecule has 2 rings (SSSR count). The van der Waals surface area contributed by atoms with Crippen LogP contribution in [0.1, 0.15) is 25.5 Å². The number of hydrogen-bond acceptors (Lipinski definition) is 4. The molecule has 0 radical (unpaired) electrons. The molecule has 0 aliphatic heterocycles. The lowest BCUT2D eigenvalue weighted by molar-refractivity contribution is 0.127. The molecule has 0 bridgehead atoms. The zero-order valence-electron chi connectivity index (χ0n) is 10.1. The van der Waals surface area contributed by atoms with Crippen LogP contribution in [-0.4, -0.2) is 16.7 Å². The summed E-state index contributed by atoms with van der Waals surface area (Å²) in [6.45, 7) is 2.33. The number of hydrogen-bond donors (Lipinski definition) is 0. The van der Waals surface area contributed by atoms with E-state index in [9.17, 15) is 4.79 Å². The molecular formula is C12H16N2O3. The van der Waals surface area contributed by atoms with Gasteiger partial charge in [-0.1, -0.05) is 13.3 Å². The summed E-state index contributed by atoms with van der Waals surface area (Å²) >= 11 is 0. The Bertz CT molecular complexity index is 556. The summed E-state index contributed by atoms with van der Waals surface area (Å²) < 4.78 is 11.9. The lowest BCUT2D eigenvalue weighted by atomic mass is 10.2. The molecule has 2 aromatic heterocycles. The molecule has 0 saturated carbocycles. The topological polar surface area (TPSA) is 57.3 Å². The number of aryl methyl sites for hydroxylation is 1. The molecule has 2 heterocycles. The van der Waals surface area contributed by atoms with E-state index in [4.69, 9.17) is 9.15 Å². The number of fused-ring (bicyclic) bond motifs is 1. The fourth-order valence-corrected chi connectivity index (χ4v) is 1.71. The molecule has 0 saturated heterocycles. The summed E-state index contributed by atoms with van der Waals surface area (Å²) in [5, 5.41) is 0.841. The van der Waals surface area contributed by atoms with E-state index in [2.05, 4.69) is 11.9 Å². The van der Waals surface area contributed by atoms with Crippen LogP contribution in [0.25, 0.3) is 11.1 Å². The number of rotatable bonds is 5. The number of aromatic nitrogens is 2. The van der Waals surface area contributed by atoms with Gasteiger partial charge in [0.25, 0.3) is 0 Å². The molecule has 0 amide bonds. The Kier molecular flexibility index (Phi) is 3.58. The number of methoxy groups -OCH3 is 1. The highest BCUT2D eigenvalue weighted by Gasteiger charge is 2.07. The van der Waals surface area contributed by atoms with E-state index in [0.29, 0.717) is 5.71 Å². The Labute approximate surface area is 99.0 Å². The van der Waals surface area contributed by atoms with Crippen LogP contribution >= 0.6 is 0 Å². The molecule has 0 aliphatic rings. The summed E-state index contributed by atoms with van der Waals surface area (Å²) in [7, 11) is 1.54. The lowest BCUT2D eigenvalue weighted by Crippen LogP contribution is -2.22. The number of ether oxygens (including phenoxy) is 1. The second-order valence-corrected chi connectivity index (χ2v) is 3.99. The smallest absolute Gasteiger partial charge is 0.352 e. The SMILES string of the molecule is CCCCc1cc2cn(COC)c(=O)nc2o1. The van der Waals surface area contributed by atoms with E-state index >= 15 is 0 Å². The summed E-state index contributed by atoms with van der Waals surface area (Å²) in [6.07, 6.45) is 4.78. The van der Waals surface area contributed by atoms with E-state index in [1.54, 1.807) is 13.3 Å². The zero-order valence-corrected chi connectivity index (χ0v) is 10.1. The Morgan fingerprint density at radius 1 is 1.53 bits per heavy atom. The van der Waals surface area contributed by atoms with Crippen LogP contribution in [0.2, 0.25) is 0 Å². The molecule has 2 aromatic rings. The van der Waals surface area contributed by atoms with Crippen LogP contribution in [0.3, 0.4) is 0 Å². The maximum absolute atomic E-state index is 11.6. The highest BCUT2D eigenvalue weighted by Crippen LogP contribution is 2.17. The molecule has 0 atom stereocenters. The number of nitrogens with zero attached hydrogens (tertiary/aromatic N) is 2. The van der Waals surface area contributed by atoms with Crippen LogP contribution in [0.4, 0.5) is 0 Å². The molecule has 0 N–H and O–H groups in total. The van der Waals surface area contributed by atoms with Crippen LogP contribution in [-0.2, 0) is 17.9 Å². The van der Waals surface area contributed by atoms with Crippen LogP contribution in [0.15, 0.2) is 21.5 Å². The van der Waals surface area contributed by atoms with Crippen molar-refractivity contribution in [2.24, 2.45) is 0 Å². The second kappa shape index (κ2) is 5.14. The Morgan fingerprint density at radius 2 is 2.35 bits per heavy atom. The van der Waals surface area contributed by atoms with E-state index in [1.165, 1.54) is 4.57 Å². The number of unbranched alkanes of at least 4 members (excludes halogenated alkanes) is 1. The van der Waals surface area contributed by atoms with E-state index in [0.717, 1.165) is 30.4 Å². The van der Waals surface area contributed by atoms with Crippen molar-refractivity contribution in [2.75, 3.05) is 7.11 Å². The monoisotopic (exact) mass is 236 g/mol. The molecule has 0 aromatic carbocycles. The summed E-state index contributed by atoms with van der Waals surface area (Å²) in [5.74, 6) is 0.879. The first kappa shape index (κ1) is 11.9. The van der Waals surface area contributed by atoms with E-state index in [1.807, 2.05) is 6.07 Å². The molecule has 5 nitrogen and oxygen atoms in total. The Balaban J connectivity index is 2.36. The second-order valence-electron chi connectivity index (χ2n) is 3.99. The number of furan rings is 1. The third-order valence-corrected chi connectivity index (χ3v) is 2.57. The van der Waals surface area contributed by atoms with Crippen molar-refractivity contribution in [1.29, 1.82) is 0 Å². The minimum absolute atomic E-state index is 0.206. The van der Waals surface area contributed by atoms with Crippen molar-refractivity contribution in [3.05, 3.63) is 28.5 Å². The van der Waals surface area contributed by atoms with Crippen molar-refractivity contribution in [1.82, 2.24) is 9.55 Å². The fraction of sp³-hybridized carbons (Fsp3) is 0.500. The molecule has 0 fully saturated rings. The van der Waals surface area contributed by atoms with Crippen molar-refractivity contribution in [3.8, 4) is 0 Å². The molecule has 17 heavy (non-hydrogen) atoms. The highest BCUT2D eigenvalue weighted by atomic mass is 16.5. The van der Waals surface area contributed by atoms with Crippen molar-refractivity contribution in [3.63, 3.8) is 0 Å². The van der Waals surface area contributed by atoms with Crippen molar-refractivity contribution in [2.45, 2.75) is 32.9 Å². The van der Waals surface area contributed by atoms with Gasteiger partial charge in [-0.25, -0.2) is 4.79 Å². The van der Waals surface area contributed by atoms with Gasteiger partial charge in [0.2, 0.25) is 5.71 Å². The first-order valence-electron chi connectivity index (χ1n) is 5.73. The minimum atomic E-state index is -0.351. The van der Waals surface area contributed by atoms with Crippen LogP contribution < -0.4 is 5.69 Å². The van der Waals surface area contributed by atoms with Gasteiger partial charge in [-0.2, -0.15) is 4.98 Å². The molecule has 5 heteroatoms. The van der Waals surface area contributed by atoms with Gasteiger partial charge in [0.1, 0.15) is 12.5 Å². The van der Waals surface area contributed by atoms with Crippen LogP contribution in [0, 0.1) is 0 Å². The third-order valence-electron chi connectivity index (χ3n) is 2.57. The van der Waals surface area contributed by atoms with E-state index < -0.39 is 0 Å². The minimum Gasteiger partial charge on any atom is -0.443 e. The highest BCUT2D eigenvalue weighted by molar-refractivity contribution is 5.72. The quantitative estimate of drug-likeness (QED) is 0.796. The van der Waals surface area contributed by atoms with Gasteiger partial charge in [0, 0.05) is 19.7 Å². The van der Waals surface area contributed by atoms with Gasteiger partial charge in [-0.05, 0) is 12.5 Å². The van der Waals surface area contributed by atoms with Crippen molar-refractivity contribution >= 4 is 11.1 Å². The Morgan fingerprint density at radius 3 is 3.06 bits per heavy atom. The molecular weight excluding hydrogens is 220 g/mol. The molecule has 0 aliphatic carbocycles. The normalized spacial score (nSPS) is 11.2. The summed E-state index contributed by atoms with van der Waals surface area (Å²) in [5.41, 5.74) is 0.0594. The van der Waals surface area contributed by atoms with Gasteiger partial charge < -0.3 is 9.15 Å². The van der Waals surface area contributed by atoms with Gasteiger partial charge in [-0.15, -0.1) is 0 Å². The maximum atomic E-state index is 11.6. The standard InChI is InChI=1S/C12H16N2O3/c1-3-4-5-10-6-9-7-14(8-16-2)12(15)13-11(9)17-10/h6-7H,3-5,8H2,1-2H3. The average Bonchev–Trinajstić information content (AvgIpc) is 2.69. The fourth-order valence-electron chi connectivity index (χ4n) is 1.71. The summed E-state index contributed by atoms with van der Waals surface area (Å²) in [6, 6.07) is 1.93. The Hall–Kier alpha value is -1.62. The van der Waals surface area contributed by atoms with Gasteiger partial charge in [0.05, 0.1) is 5.39 Å². The third kappa shape index (κ3) is 2.55. The van der Waals surface area contributed by atoms with E-state index in [-0.39, 0.29) is 12.4 Å². The maximum Gasteiger partial charge on any atom is 0.352 e. The van der Waals surface area contributed by atoms with Crippen LogP contribution in [0.5, 0.6) is 0 Å². The molecule has 92 valence electrons. The molecule has 0 spiro atoms. The first-order chi connectivity index (χ1) is 8.24. The van der Waals surface area contributed by atoms with Crippen molar-refractivity contribution < 1.29 is 9.15 Å². The summed E-state index contributed by atoms with van der Waals surface area (Å²) in [4.78, 5) is 15.4. The van der Waals surface area contributed by atoms with Gasteiger partial charge in [0.15, 0.2) is 0 Å². The lowest BCUT2D eigenvalue weighted by Gasteiger charge is -2.00. The largest absolute Gasteiger partial charge is 0.443 e. The van der Waals surface area contributed by atoms with Gasteiger partial charge in [-0.3, -0.25) is 4.57 Å². The predicted molar refractivity (Wildman–Crippen MR) is 63.9 cm³/mol. The zero-order chi connectivity index (χ0) is 12.3. The average molecular weight is 236 g/mol.